The molecule has 0 saturated carbocycles. The van der Waals surface area contributed by atoms with Crippen molar-refractivity contribution in [2.75, 3.05) is 7.11 Å². The normalized spacial score (nSPS) is 15.6. The van der Waals surface area contributed by atoms with Crippen molar-refractivity contribution >= 4 is 5.91 Å². The van der Waals surface area contributed by atoms with Gasteiger partial charge >= 0.3 is 0 Å². The quantitative estimate of drug-likeness (QED) is 0.838. The van der Waals surface area contributed by atoms with E-state index in [9.17, 15) is 4.79 Å². The Morgan fingerprint density at radius 1 is 1.33 bits per heavy atom. The van der Waals surface area contributed by atoms with Crippen molar-refractivity contribution < 1.29 is 9.53 Å². The van der Waals surface area contributed by atoms with E-state index >= 15 is 0 Å². The molecule has 0 spiro atoms. The predicted octanol–water partition coefficient (Wildman–Crippen LogP) is 1.86. The molecule has 0 aliphatic heterocycles. The van der Waals surface area contributed by atoms with Crippen molar-refractivity contribution in [2.45, 2.75) is 32.9 Å². The lowest BCUT2D eigenvalue weighted by molar-refractivity contribution is -0.125. The van der Waals surface area contributed by atoms with Crippen LogP contribution in [-0.4, -0.2) is 19.1 Å². The van der Waals surface area contributed by atoms with E-state index in [1.807, 2.05) is 45.0 Å². The van der Waals surface area contributed by atoms with Gasteiger partial charge in [0, 0.05) is 12.0 Å². The van der Waals surface area contributed by atoms with Gasteiger partial charge in [-0.2, -0.15) is 0 Å². The second-order valence-electron chi connectivity index (χ2n) is 4.65. The molecule has 0 heterocycles. The summed E-state index contributed by atoms with van der Waals surface area (Å²) in [6, 6.07) is 7.45. The van der Waals surface area contributed by atoms with Crippen molar-refractivity contribution in [1.29, 1.82) is 0 Å². The van der Waals surface area contributed by atoms with Gasteiger partial charge in [0.05, 0.1) is 13.2 Å². The first-order valence-corrected chi connectivity index (χ1v) is 6.15. The second-order valence-corrected chi connectivity index (χ2v) is 4.65. The third-order valence-corrected chi connectivity index (χ3v) is 3.15. The van der Waals surface area contributed by atoms with Crippen LogP contribution in [0.4, 0.5) is 0 Å². The van der Waals surface area contributed by atoms with Gasteiger partial charge in [-0.15, -0.1) is 0 Å². The maximum Gasteiger partial charge on any atom is 0.224 e. The summed E-state index contributed by atoms with van der Waals surface area (Å²) in [7, 11) is 1.63. The molecule has 1 amide bonds. The molecule has 1 aromatic carbocycles. The number of nitrogens with one attached hydrogen (secondary N) is 1. The van der Waals surface area contributed by atoms with Crippen molar-refractivity contribution in [1.82, 2.24) is 5.32 Å². The molecule has 0 radical (unpaired) electrons. The summed E-state index contributed by atoms with van der Waals surface area (Å²) in [4.78, 5) is 11.9. The molecule has 1 aromatic rings. The zero-order valence-electron chi connectivity index (χ0n) is 11.4. The highest BCUT2D eigenvalue weighted by Crippen LogP contribution is 2.19. The predicted molar refractivity (Wildman–Crippen MR) is 72.4 cm³/mol. The monoisotopic (exact) mass is 250 g/mol. The van der Waals surface area contributed by atoms with Crippen LogP contribution in [-0.2, 0) is 4.79 Å². The molecule has 0 bridgehead atoms. The van der Waals surface area contributed by atoms with E-state index in [1.54, 1.807) is 7.11 Å². The summed E-state index contributed by atoms with van der Waals surface area (Å²) in [5.41, 5.74) is 6.73. The van der Waals surface area contributed by atoms with E-state index in [1.165, 1.54) is 0 Å². The highest BCUT2D eigenvalue weighted by molar-refractivity contribution is 5.79. The van der Waals surface area contributed by atoms with E-state index in [2.05, 4.69) is 5.32 Å². The number of hydrogen-bond donors (Lipinski definition) is 2. The average molecular weight is 250 g/mol. The highest BCUT2D eigenvalue weighted by atomic mass is 16.5. The van der Waals surface area contributed by atoms with Gasteiger partial charge in [0.2, 0.25) is 5.91 Å². The number of benzene rings is 1. The number of carbonyl (C=O) groups is 1. The summed E-state index contributed by atoms with van der Waals surface area (Å²) in [6.07, 6.45) is 0. The lowest BCUT2D eigenvalue weighted by atomic mass is 10.0. The molecule has 4 heteroatoms. The van der Waals surface area contributed by atoms with Crippen molar-refractivity contribution in [3.8, 4) is 5.75 Å². The lowest BCUT2D eigenvalue weighted by Crippen LogP contribution is -2.39. The van der Waals surface area contributed by atoms with Gasteiger partial charge in [-0.1, -0.05) is 19.1 Å². The van der Waals surface area contributed by atoms with Crippen molar-refractivity contribution in [3.63, 3.8) is 0 Å². The molecule has 0 aliphatic rings. The maximum atomic E-state index is 11.9. The Labute approximate surface area is 109 Å². The molecule has 1 rings (SSSR count). The Hall–Kier alpha value is -1.55. The molecular formula is C14H22N2O2. The Balaban J connectivity index is 2.70. The standard InChI is InChI=1S/C14H22N2O2/c1-9(10(2)15)14(17)16-11(3)12-6-5-7-13(8-12)18-4/h5-11H,15H2,1-4H3,(H,16,17)/t9?,10?,11-/m1/s1. The minimum Gasteiger partial charge on any atom is -0.497 e. The van der Waals surface area contributed by atoms with Gasteiger partial charge in [0.25, 0.3) is 0 Å². The van der Waals surface area contributed by atoms with Gasteiger partial charge in [-0.05, 0) is 31.5 Å². The minimum atomic E-state index is -0.196. The first-order chi connectivity index (χ1) is 8.45. The minimum absolute atomic E-state index is 0.0275. The Kier molecular flexibility index (Phi) is 5.16. The highest BCUT2D eigenvalue weighted by Gasteiger charge is 2.19. The first kappa shape index (κ1) is 14.5. The van der Waals surface area contributed by atoms with Gasteiger partial charge in [0.1, 0.15) is 5.75 Å². The molecule has 100 valence electrons. The molecule has 2 unspecified atom stereocenters. The average Bonchev–Trinajstić information content (AvgIpc) is 2.37. The molecule has 18 heavy (non-hydrogen) atoms. The number of hydrogen-bond acceptors (Lipinski definition) is 3. The molecule has 0 fully saturated rings. The van der Waals surface area contributed by atoms with Crippen molar-refractivity contribution in [2.24, 2.45) is 11.7 Å². The molecule has 4 nitrogen and oxygen atoms in total. The summed E-state index contributed by atoms with van der Waals surface area (Å²) in [5.74, 6) is 0.562. The Bertz CT molecular complexity index is 405. The lowest BCUT2D eigenvalue weighted by Gasteiger charge is -2.20. The Morgan fingerprint density at radius 3 is 2.56 bits per heavy atom. The number of rotatable bonds is 5. The number of nitrogens with two attached hydrogens (primary N) is 1. The summed E-state index contributed by atoms with van der Waals surface area (Å²) in [5, 5.41) is 2.95. The zero-order valence-corrected chi connectivity index (χ0v) is 11.4. The van der Waals surface area contributed by atoms with Crippen LogP contribution in [0.15, 0.2) is 24.3 Å². The Morgan fingerprint density at radius 2 is 2.00 bits per heavy atom. The number of carbonyl (C=O) groups excluding carboxylic acids is 1. The van der Waals surface area contributed by atoms with Crippen LogP contribution in [0.1, 0.15) is 32.4 Å². The SMILES string of the molecule is COc1cccc([C@@H](C)NC(=O)C(C)C(C)N)c1. The van der Waals surface area contributed by atoms with Crippen molar-refractivity contribution in [3.05, 3.63) is 29.8 Å². The number of ether oxygens (including phenoxy) is 1. The van der Waals surface area contributed by atoms with E-state index in [0.29, 0.717) is 0 Å². The van der Waals surface area contributed by atoms with Gasteiger partial charge in [-0.3, -0.25) is 4.79 Å². The molecule has 3 N–H and O–H groups in total. The topological polar surface area (TPSA) is 64.3 Å². The van der Waals surface area contributed by atoms with E-state index in [4.69, 9.17) is 10.5 Å². The van der Waals surface area contributed by atoms with Crippen LogP contribution >= 0.6 is 0 Å². The zero-order chi connectivity index (χ0) is 13.7. The third-order valence-electron chi connectivity index (χ3n) is 3.15. The summed E-state index contributed by atoms with van der Waals surface area (Å²) in [6.45, 7) is 5.61. The molecule has 3 atom stereocenters. The number of amides is 1. The van der Waals surface area contributed by atoms with E-state index < -0.39 is 0 Å². The third kappa shape index (κ3) is 3.74. The largest absolute Gasteiger partial charge is 0.497 e. The van der Waals surface area contributed by atoms with Crippen LogP contribution in [0.5, 0.6) is 5.75 Å². The fourth-order valence-corrected chi connectivity index (χ4v) is 1.58. The van der Waals surface area contributed by atoms with Gasteiger partial charge in [0.15, 0.2) is 0 Å². The van der Waals surface area contributed by atoms with Gasteiger partial charge in [-0.25, -0.2) is 0 Å². The number of methoxy groups -OCH3 is 1. The van der Waals surface area contributed by atoms with Crippen LogP contribution in [0.3, 0.4) is 0 Å². The maximum absolute atomic E-state index is 11.9. The molecule has 0 saturated heterocycles. The van der Waals surface area contributed by atoms with E-state index in [-0.39, 0.29) is 23.9 Å². The smallest absolute Gasteiger partial charge is 0.224 e. The summed E-state index contributed by atoms with van der Waals surface area (Å²) >= 11 is 0. The molecule has 0 aromatic heterocycles. The van der Waals surface area contributed by atoms with Crippen LogP contribution in [0, 0.1) is 5.92 Å². The molecular weight excluding hydrogens is 228 g/mol. The van der Waals surface area contributed by atoms with Crippen LogP contribution in [0.2, 0.25) is 0 Å². The second kappa shape index (κ2) is 6.40. The summed E-state index contributed by atoms with van der Waals surface area (Å²) < 4.78 is 5.16. The van der Waals surface area contributed by atoms with E-state index in [0.717, 1.165) is 11.3 Å². The fourth-order valence-electron chi connectivity index (χ4n) is 1.58. The fraction of sp³-hybridized carbons (Fsp3) is 0.500. The van der Waals surface area contributed by atoms with Gasteiger partial charge < -0.3 is 15.8 Å². The molecule has 0 aliphatic carbocycles. The van der Waals surface area contributed by atoms with Crippen LogP contribution < -0.4 is 15.8 Å². The van der Waals surface area contributed by atoms with Crippen LogP contribution in [0.25, 0.3) is 0 Å². The first-order valence-electron chi connectivity index (χ1n) is 6.15.